The van der Waals surface area contributed by atoms with Crippen molar-refractivity contribution in [3.63, 3.8) is 0 Å². The van der Waals surface area contributed by atoms with Gasteiger partial charge in [-0.1, -0.05) is 19.3 Å². The van der Waals surface area contributed by atoms with Gasteiger partial charge in [-0.05, 0) is 26.9 Å². The predicted molar refractivity (Wildman–Crippen MR) is 78.2 cm³/mol. The van der Waals surface area contributed by atoms with E-state index < -0.39 is 0 Å². The van der Waals surface area contributed by atoms with E-state index in [0.717, 1.165) is 30.1 Å². The normalized spacial score (nSPS) is 16.8. The van der Waals surface area contributed by atoms with Gasteiger partial charge in [-0.15, -0.1) is 11.3 Å². The summed E-state index contributed by atoms with van der Waals surface area (Å²) in [6, 6.07) is 0.390. The molecular weight excluding hydrogens is 258 g/mol. The molecule has 0 radical (unpaired) electrons. The summed E-state index contributed by atoms with van der Waals surface area (Å²) in [5.74, 6) is 0.119. The highest BCUT2D eigenvalue weighted by atomic mass is 32.1. The van der Waals surface area contributed by atoms with E-state index >= 15 is 0 Å². The zero-order chi connectivity index (χ0) is 13.7. The van der Waals surface area contributed by atoms with Gasteiger partial charge in [-0.25, -0.2) is 4.98 Å². The standard InChI is InChI=1S/C14H23N3OS/c1-17(2)9-14-16-12(10-19-14)8-13(18)15-11-6-4-3-5-7-11/h10-11H,3-9H2,1-2H3,(H,15,18). The third kappa shape index (κ3) is 4.91. The van der Waals surface area contributed by atoms with Crippen LogP contribution >= 0.6 is 11.3 Å². The van der Waals surface area contributed by atoms with Crippen LogP contribution in [0, 0.1) is 0 Å². The fourth-order valence-electron chi connectivity index (χ4n) is 2.46. The van der Waals surface area contributed by atoms with Crippen LogP contribution in [-0.2, 0) is 17.8 Å². The molecule has 2 rings (SSSR count). The molecule has 0 atom stereocenters. The molecule has 1 aromatic rings. The minimum Gasteiger partial charge on any atom is -0.353 e. The Morgan fingerprint density at radius 2 is 2.16 bits per heavy atom. The Hall–Kier alpha value is -0.940. The highest BCUT2D eigenvalue weighted by molar-refractivity contribution is 7.09. The van der Waals surface area contributed by atoms with E-state index in [-0.39, 0.29) is 5.91 Å². The van der Waals surface area contributed by atoms with Gasteiger partial charge in [0.15, 0.2) is 0 Å². The van der Waals surface area contributed by atoms with Crippen LogP contribution in [-0.4, -0.2) is 35.9 Å². The van der Waals surface area contributed by atoms with Crippen LogP contribution in [0.5, 0.6) is 0 Å². The summed E-state index contributed by atoms with van der Waals surface area (Å²) in [5, 5.41) is 6.21. The van der Waals surface area contributed by atoms with Crippen LogP contribution in [0.25, 0.3) is 0 Å². The summed E-state index contributed by atoms with van der Waals surface area (Å²) in [5.41, 5.74) is 0.898. The summed E-state index contributed by atoms with van der Waals surface area (Å²) in [4.78, 5) is 18.5. The minimum atomic E-state index is 0.119. The van der Waals surface area contributed by atoms with Gasteiger partial charge in [-0.3, -0.25) is 4.79 Å². The number of nitrogens with one attached hydrogen (secondary N) is 1. The summed E-state index contributed by atoms with van der Waals surface area (Å²) in [6.07, 6.45) is 6.49. The summed E-state index contributed by atoms with van der Waals surface area (Å²) >= 11 is 1.63. The molecule has 0 saturated heterocycles. The molecule has 0 bridgehead atoms. The van der Waals surface area contributed by atoms with Gasteiger partial charge >= 0.3 is 0 Å². The van der Waals surface area contributed by atoms with Crippen LogP contribution in [0.1, 0.15) is 42.8 Å². The van der Waals surface area contributed by atoms with E-state index in [2.05, 4.69) is 15.2 Å². The number of carbonyl (C=O) groups excluding carboxylic acids is 1. The van der Waals surface area contributed by atoms with Crippen LogP contribution in [0.15, 0.2) is 5.38 Å². The molecule has 1 amide bonds. The lowest BCUT2D eigenvalue weighted by molar-refractivity contribution is -0.121. The molecule has 1 aliphatic rings. The van der Waals surface area contributed by atoms with E-state index in [1.54, 1.807) is 11.3 Å². The lowest BCUT2D eigenvalue weighted by atomic mass is 9.95. The number of carbonyl (C=O) groups is 1. The lowest BCUT2D eigenvalue weighted by Crippen LogP contribution is -2.37. The Labute approximate surface area is 119 Å². The van der Waals surface area contributed by atoms with Crippen LogP contribution < -0.4 is 5.32 Å². The van der Waals surface area contributed by atoms with Crippen LogP contribution in [0.2, 0.25) is 0 Å². The molecule has 0 spiro atoms. The van der Waals surface area contributed by atoms with Crippen molar-refractivity contribution in [2.24, 2.45) is 0 Å². The third-order valence-electron chi connectivity index (χ3n) is 3.36. The fourth-order valence-corrected chi connectivity index (χ4v) is 3.37. The van der Waals surface area contributed by atoms with Crippen molar-refractivity contribution >= 4 is 17.2 Å². The molecule has 1 N–H and O–H groups in total. The first-order chi connectivity index (χ1) is 9.13. The molecule has 1 heterocycles. The maximum atomic E-state index is 12.0. The highest BCUT2D eigenvalue weighted by Gasteiger charge is 2.16. The smallest absolute Gasteiger partial charge is 0.226 e. The van der Waals surface area contributed by atoms with Gasteiger partial charge in [0, 0.05) is 18.0 Å². The maximum absolute atomic E-state index is 12.0. The molecule has 5 heteroatoms. The van der Waals surface area contributed by atoms with Gasteiger partial charge in [0.05, 0.1) is 12.1 Å². The maximum Gasteiger partial charge on any atom is 0.226 e. The summed E-state index contributed by atoms with van der Waals surface area (Å²) < 4.78 is 0. The number of hydrogen-bond acceptors (Lipinski definition) is 4. The molecule has 1 aromatic heterocycles. The molecular formula is C14H23N3OS. The first kappa shape index (κ1) is 14.5. The largest absolute Gasteiger partial charge is 0.353 e. The molecule has 1 fully saturated rings. The Balaban J connectivity index is 1.79. The minimum absolute atomic E-state index is 0.119. The second-order valence-electron chi connectivity index (χ2n) is 5.55. The quantitative estimate of drug-likeness (QED) is 0.900. The van der Waals surface area contributed by atoms with E-state index in [1.807, 2.05) is 19.5 Å². The second kappa shape index (κ2) is 7.01. The zero-order valence-corrected chi connectivity index (χ0v) is 12.6. The van der Waals surface area contributed by atoms with Crippen LogP contribution in [0.3, 0.4) is 0 Å². The molecule has 1 aliphatic carbocycles. The van der Waals surface area contributed by atoms with Gasteiger partial charge in [0.1, 0.15) is 5.01 Å². The average Bonchev–Trinajstić information content (AvgIpc) is 2.76. The molecule has 4 nitrogen and oxygen atoms in total. The summed E-state index contributed by atoms with van der Waals surface area (Å²) in [7, 11) is 4.05. The number of thiazole rings is 1. The Morgan fingerprint density at radius 3 is 2.84 bits per heavy atom. The summed E-state index contributed by atoms with van der Waals surface area (Å²) in [6.45, 7) is 0.842. The monoisotopic (exact) mass is 281 g/mol. The zero-order valence-electron chi connectivity index (χ0n) is 11.8. The van der Waals surface area contributed by atoms with Crippen molar-refractivity contribution < 1.29 is 4.79 Å². The molecule has 106 valence electrons. The third-order valence-corrected chi connectivity index (χ3v) is 4.25. The van der Waals surface area contributed by atoms with Crippen molar-refractivity contribution in [3.05, 3.63) is 16.1 Å². The predicted octanol–water partition coefficient (Wildman–Crippen LogP) is 2.20. The average molecular weight is 281 g/mol. The first-order valence-electron chi connectivity index (χ1n) is 7.01. The molecule has 19 heavy (non-hydrogen) atoms. The Morgan fingerprint density at radius 1 is 1.42 bits per heavy atom. The van der Waals surface area contributed by atoms with Crippen molar-refractivity contribution in [1.82, 2.24) is 15.2 Å². The number of hydrogen-bond donors (Lipinski definition) is 1. The van der Waals surface area contributed by atoms with E-state index in [0.29, 0.717) is 12.5 Å². The van der Waals surface area contributed by atoms with Crippen molar-refractivity contribution in [2.75, 3.05) is 14.1 Å². The Bertz CT molecular complexity index is 411. The lowest BCUT2D eigenvalue weighted by Gasteiger charge is -2.22. The topological polar surface area (TPSA) is 45.2 Å². The second-order valence-corrected chi connectivity index (χ2v) is 6.49. The van der Waals surface area contributed by atoms with E-state index in [9.17, 15) is 4.79 Å². The Kier molecular flexibility index (Phi) is 5.34. The van der Waals surface area contributed by atoms with Gasteiger partial charge < -0.3 is 10.2 Å². The fraction of sp³-hybridized carbons (Fsp3) is 0.714. The molecule has 0 aromatic carbocycles. The SMILES string of the molecule is CN(C)Cc1nc(CC(=O)NC2CCCCC2)cs1. The molecule has 0 unspecified atom stereocenters. The number of nitrogens with zero attached hydrogens (tertiary/aromatic N) is 2. The molecule has 0 aliphatic heterocycles. The number of rotatable bonds is 5. The van der Waals surface area contributed by atoms with Crippen molar-refractivity contribution in [3.8, 4) is 0 Å². The number of aromatic nitrogens is 1. The van der Waals surface area contributed by atoms with Crippen molar-refractivity contribution in [2.45, 2.75) is 51.1 Å². The van der Waals surface area contributed by atoms with E-state index in [1.165, 1.54) is 19.3 Å². The van der Waals surface area contributed by atoms with E-state index in [4.69, 9.17) is 0 Å². The highest BCUT2D eigenvalue weighted by Crippen LogP contribution is 2.17. The van der Waals surface area contributed by atoms with Gasteiger partial charge in [0.2, 0.25) is 5.91 Å². The molecule has 1 saturated carbocycles. The first-order valence-corrected chi connectivity index (χ1v) is 7.89. The van der Waals surface area contributed by atoms with Crippen LogP contribution in [0.4, 0.5) is 0 Å². The van der Waals surface area contributed by atoms with Gasteiger partial charge in [0.25, 0.3) is 0 Å². The number of amides is 1. The van der Waals surface area contributed by atoms with Gasteiger partial charge in [-0.2, -0.15) is 0 Å². The van der Waals surface area contributed by atoms with Crippen molar-refractivity contribution in [1.29, 1.82) is 0 Å².